The average molecular weight is 486 g/mol. The molecule has 0 unspecified atom stereocenters. The van der Waals surface area contributed by atoms with Gasteiger partial charge in [-0.25, -0.2) is 5.43 Å². The number of hydrogen-bond donors (Lipinski definition) is 2. The molecule has 0 aliphatic carbocycles. The van der Waals surface area contributed by atoms with Gasteiger partial charge >= 0.3 is 0 Å². The van der Waals surface area contributed by atoms with E-state index in [2.05, 4.69) is 65.8 Å². The summed E-state index contributed by atoms with van der Waals surface area (Å²) >= 11 is 1.29. The van der Waals surface area contributed by atoms with Crippen LogP contribution in [0.1, 0.15) is 31.9 Å². The lowest BCUT2D eigenvalue weighted by molar-refractivity contribution is -0.118. The van der Waals surface area contributed by atoms with Crippen molar-refractivity contribution in [3.63, 3.8) is 0 Å². The van der Waals surface area contributed by atoms with Crippen LogP contribution < -0.4 is 5.43 Å². The smallest absolute Gasteiger partial charge is 0.250 e. The number of nitrogens with one attached hydrogen (secondary N) is 1. The minimum absolute atomic E-state index is 0.0589. The molecule has 3 aromatic carbocycles. The van der Waals surface area contributed by atoms with Crippen LogP contribution in [0.3, 0.4) is 0 Å². The molecule has 0 aliphatic rings. The highest BCUT2D eigenvalue weighted by Crippen LogP contribution is 2.30. The minimum Gasteiger partial charge on any atom is -0.508 e. The lowest BCUT2D eigenvalue weighted by atomic mass is 9.87. The Morgan fingerprint density at radius 1 is 1.03 bits per heavy atom. The number of phenolic OH excluding ortho intramolecular Hbond substituents is 1. The van der Waals surface area contributed by atoms with Gasteiger partial charge in [-0.3, -0.25) is 9.36 Å². The maximum Gasteiger partial charge on any atom is 0.250 e. The summed E-state index contributed by atoms with van der Waals surface area (Å²) in [6, 6.07) is 24.8. The Morgan fingerprint density at radius 2 is 1.77 bits per heavy atom. The van der Waals surface area contributed by atoms with Gasteiger partial charge in [0.05, 0.1) is 12.0 Å². The molecule has 4 aromatic rings. The fourth-order valence-electron chi connectivity index (χ4n) is 3.43. The van der Waals surface area contributed by atoms with Crippen LogP contribution in [0.5, 0.6) is 5.75 Å². The predicted octanol–water partition coefficient (Wildman–Crippen LogP) is 5.18. The van der Waals surface area contributed by atoms with Gasteiger partial charge in [-0.2, -0.15) is 5.10 Å². The first kappa shape index (κ1) is 24.2. The monoisotopic (exact) mass is 485 g/mol. The number of para-hydroxylation sites is 1. The van der Waals surface area contributed by atoms with Crippen molar-refractivity contribution in [3.05, 3.63) is 90.0 Å². The molecule has 0 atom stereocenters. The number of carbonyl (C=O) groups excluding carboxylic acids is 1. The van der Waals surface area contributed by atoms with E-state index in [1.54, 1.807) is 24.3 Å². The van der Waals surface area contributed by atoms with Gasteiger partial charge in [-0.15, -0.1) is 10.2 Å². The van der Waals surface area contributed by atoms with Crippen LogP contribution in [0, 0.1) is 0 Å². The van der Waals surface area contributed by atoms with Crippen molar-refractivity contribution in [2.24, 2.45) is 5.10 Å². The molecule has 4 rings (SSSR count). The van der Waals surface area contributed by atoms with Crippen molar-refractivity contribution in [1.82, 2.24) is 20.2 Å². The van der Waals surface area contributed by atoms with Crippen molar-refractivity contribution >= 4 is 23.9 Å². The van der Waals surface area contributed by atoms with Gasteiger partial charge in [-0.1, -0.05) is 87.1 Å². The number of nitrogens with zero attached hydrogens (tertiary/aromatic N) is 4. The second kappa shape index (κ2) is 10.6. The third kappa shape index (κ3) is 6.16. The molecule has 0 saturated heterocycles. The van der Waals surface area contributed by atoms with E-state index in [9.17, 15) is 9.90 Å². The highest BCUT2D eigenvalue weighted by molar-refractivity contribution is 7.99. The highest BCUT2D eigenvalue weighted by atomic mass is 32.2. The summed E-state index contributed by atoms with van der Waals surface area (Å²) in [6.45, 7) is 6.55. The van der Waals surface area contributed by atoms with Crippen LogP contribution in [0.4, 0.5) is 0 Å². The van der Waals surface area contributed by atoms with E-state index in [4.69, 9.17) is 0 Å². The molecule has 8 heteroatoms. The number of benzene rings is 3. The number of hydrazone groups is 1. The van der Waals surface area contributed by atoms with Crippen molar-refractivity contribution in [3.8, 4) is 22.8 Å². The molecular weight excluding hydrogens is 458 g/mol. The number of phenols is 1. The van der Waals surface area contributed by atoms with E-state index < -0.39 is 0 Å². The molecule has 0 bridgehead atoms. The first-order valence-corrected chi connectivity index (χ1v) is 12.2. The average Bonchev–Trinajstić information content (AvgIpc) is 3.27. The molecule has 178 valence electrons. The number of rotatable bonds is 7. The zero-order valence-corrected chi connectivity index (χ0v) is 20.7. The lowest BCUT2D eigenvalue weighted by Crippen LogP contribution is -2.20. The Hall–Kier alpha value is -3.91. The summed E-state index contributed by atoms with van der Waals surface area (Å²) in [5.41, 5.74) is 6.35. The van der Waals surface area contributed by atoms with Crippen molar-refractivity contribution in [2.45, 2.75) is 31.3 Å². The van der Waals surface area contributed by atoms with Crippen LogP contribution in [-0.4, -0.2) is 37.7 Å². The number of aromatic hydroxyl groups is 1. The summed E-state index contributed by atoms with van der Waals surface area (Å²) in [6.07, 6.45) is 1.48. The quantitative estimate of drug-likeness (QED) is 0.214. The van der Waals surface area contributed by atoms with Crippen molar-refractivity contribution < 1.29 is 9.90 Å². The largest absolute Gasteiger partial charge is 0.508 e. The normalized spacial score (nSPS) is 11.6. The number of amides is 1. The lowest BCUT2D eigenvalue weighted by Gasteiger charge is -2.19. The third-order valence-corrected chi connectivity index (χ3v) is 6.19. The molecule has 7 nitrogen and oxygen atoms in total. The molecule has 0 saturated carbocycles. The Bertz CT molecular complexity index is 1330. The summed E-state index contributed by atoms with van der Waals surface area (Å²) < 4.78 is 1.96. The Balaban J connectivity index is 1.52. The summed E-state index contributed by atoms with van der Waals surface area (Å²) in [4.78, 5) is 12.4. The minimum atomic E-state index is -0.273. The van der Waals surface area contributed by atoms with E-state index in [1.807, 2.05) is 34.9 Å². The molecule has 0 aliphatic heterocycles. The highest BCUT2D eigenvalue weighted by Gasteiger charge is 2.19. The second-order valence-electron chi connectivity index (χ2n) is 8.98. The molecule has 0 spiro atoms. The first-order valence-electron chi connectivity index (χ1n) is 11.2. The fraction of sp³-hybridized carbons (Fsp3) is 0.185. The Kier molecular flexibility index (Phi) is 7.31. The number of aromatic nitrogens is 3. The van der Waals surface area contributed by atoms with E-state index in [0.29, 0.717) is 16.5 Å². The molecule has 35 heavy (non-hydrogen) atoms. The number of carbonyl (C=O) groups is 1. The predicted molar refractivity (Wildman–Crippen MR) is 140 cm³/mol. The van der Waals surface area contributed by atoms with Gasteiger partial charge in [0.15, 0.2) is 11.0 Å². The molecule has 1 aromatic heterocycles. The second-order valence-corrected chi connectivity index (χ2v) is 9.92. The topological polar surface area (TPSA) is 92.4 Å². The SMILES string of the molecule is CC(C)(C)c1ccc(-c2nnc(SCC(=O)NN=Cc3cccc(O)c3)n2-c2ccccc2)cc1. The van der Waals surface area contributed by atoms with E-state index in [1.165, 1.54) is 23.5 Å². The summed E-state index contributed by atoms with van der Waals surface area (Å²) in [5.74, 6) is 0.692. The zero-order chi connectivity index (χ0) is 24.8. The molecule has 2 N–H and O–H groups in total. The third-order valence-electron chi connectivity index (χ3n) is 5.26. The molecular formula is C27H27N5O2S. The molecule has 1 amide bonds. The zero-order valence-electron chi connectivity index (χ0n) is 19.8. The molecule has 0 fully saturated rings. The maximum atomic E-state index is 12.4. The van der Waals surface area contributed by atoms with Crippen molar-refractivity contribution in [2.75, 3.05) is 5.75 Å². The maximum absolute atomic E-state index is 12.4. The number of hydrogen-bond acceptors (Lipinski definition) is 6. The van der Waals surface area contributed by atoms with E-state index in [-0.39, 0.29) is 22.8 Å². The summed E-state index contributed by atoms with van der Waals surface area (Å²) in [5, 5.41) is 22.9. The van der Waals surface area contributed by atoms with E-state index in [0.717, 1.165) is 11.3 Å². The van der Waals surface area contributed by atoms with Gasteiger partial charge in [-0.05, 0) is 40.8 Å². The fourth-order valence-corrected chi connectivity index (χ4v) is 4.17. The van der Waals surface area contributed by atoms with Gasteiger partial charge < -0.3 is 5.11 Å². The molecule has 1 heterocycles. The number of thioether (sulfide) groups is 1. The van der Waals surface area contributed by atoms with Crippen LogP contribution in [-0.2, 0) is 10.2 Å². The van der Waals surface area contributed by atoms with Gasteiger partial charge in [0, 0.05) is 11.3 Å². The van der Waals surface area contributed by atoms with Gasteiger partial charge in [0.25, 0.3) is 5.91 Å². The van der Waals surface area contributed by atoms with Crippen LogP contribution in [0.25, 0.3) is 17.1 Å². The Labute approximate surface area is 208 Å². The van der Waals surface area contributed by atoms with Crippen LogP contribution >= 0.6 is 11.8 Å². The van der Waals surface area contributed by atoms with Crippen LogP contribution in [0.2, 0.25) is 0 Å². The first-order chi connectivity index (χ1) is 16.8. The van der Waals surface area contributed by atoms with Crippen molar-refractivity contribution in [1.29, 1.82) is 0 Å². The van der Waals surface area contributed by atoms with Crippen LogP contribution in [0.15, 0.2) is 89.1 Å². The summed E-state index contributed by atoms with van der Waals surface area (Å²) in [7, 11) is 0. The standard InChI is InChI=1S/C27H27N5O2S/c1-27(2,3)21-14-12-20(13-15-21)25-30-31-26(32(25)22-9-5-4-6-10-22)35-18-24(34)29-28-17-19-8-7-11-23(33)16-19/h4-17,33H,18H2,1-3H3,(H,29,34). The van der Waals surface area contributed by atoms with E-state index >= 15 is 0 Å². The van der Waals surface area contributed by atoms with Gasteiger partial charge in [0.2, 0.25) is 0 Å². The Morgan fingerprint density at radius 3 is 2.46 bits per heavy atom. The van der Waals surface area contributed by atoms with Gasteiger partial charge in [0.1, 0.15) is 5.75 Å². The molecule has 0 radical (unpaired) electrons.